The largest absolute Gasteiger partial charge is 0.354 e. The molecule has 4 rings (SSSR count). The molecule has 0 spiro atoms. The minimum absolute atomic E-state index is 0.239. The fourth-order valence-electron chi connectivity index (χ4n) is 3.67. The number of likely N-dealkylation sites (N-methyl/N-ethyl adjacent to an activating group) is 1. The number of hydrogen-bond donors (Lipinski definition) is 1. The van der Waals surface area contributed by atoms with Gasteiger partial charge in [-0.1, -0.05) is 29.3 Å². The number of halogens is 2. The molecule has 0 unspecified atom stereocenters. The third-order valence-corrected chi connectivity index (χ3v) is 6.28. The number of piperazine rings is 1. The highest BCUT2D eigenvalue weighted by Crippen LogP contribution is 2.32. The van der Waals surface area contributed by atoms with Crippen LogP contribution in [0.3, 0.4) is 0 Å². The second kappa shape index (κ2) is 7.86. The smallest absolute Gasteiger partial charge is 0.273 e. The van der Waals surface area contributed by atoms with Crippen LogP contribution in [0.15, 0.2) is 30.3 Å². The molecule has 0 bridgehead atoms. The molecule has 1 aliphatic heterocycles. The number of carbonyl (C=O) groups is 1. The highest BCUT2D eigenvalue weighted by molar-refractivity contribution is 6.45. The minimum Gasteiger partial charge on any atom is -0.354 e. The van der Waals surface area contributed by atoms with Crippen LogP contribution in [0.1, 0.15) is 16.1 Å². The Hall–Kier alpha value is -2.28. The molecule has 29 heavy (non-hydrogen) atoms. The molecular weight excluding hydrogens is 409 g/mol. The standard InChI is InChI=1S/C21H23Cl2N5O/c1-13-4-7-18(24-20(13)28-10-8-26(2)9-11-28)25-21(29)17-12-14-16(27(17)3)6-5-15(22)19(14)23/h4-7,12H,8-11H2,1-3H3,(H,24,25,29). The van der Waals surface area contributed by atoms with Crippen LogP contribution >= 0.6 is 23.2 Å². The molecule has 1 aliphatic rings. The predicted octanol–water partition coefficient (Wildman–Crippen LogP) is 4.19. The van der Waals surface area contributed by atoms with Crippen LogP contribution in [0.2, 0.25) is 10.0 Å². The van der Waals surface area contributed by atoms with Crippen molar-refractivity contribution in [3.05, 3.63) is 51.6 Å². The van der Waals surface area contributed by atoms with Gasteiger partial charge in [-0.05, 0) is 43.8 Å². The van der Waals surface area contributed by atoms with E-state index in [1.54, 1.807) is 12.1 Å². The number of carbonyl (C=O) groups excluding carboxylic acids is 1. The summed E-state index contributed by atoms with van der Waals surface area (Å²) in [5.41, 5.74) is 2.44. The number of pyridine rings is 1. The van der Waals surface area contributed by atoms with E-state index in [2.05, 4.69) is 22.2 Å². The van der Waals surface area contributed by atoms with E-state index < -0.39 is 0 Å². The number of aryl methyl sites for hydroxylation is 2. The lowest BCUT2D eigenvalue weighted by atomic mass is 10.2. The Morgan fingerprint density at radius 2 is 1.79 bits per heavy atom. The maximum Gasteiger partial charge on any atom is 0.273 e. The molecule has 1 amide bonds. The first kappa shape index (κ1) is 20.0. The van der Waals surface area contributed by atoms with Crippen LogP contribution in [-0.2, 0) is 7.05 Å². The number of nitrogens with zero attached hydrogens (tertiary/aromatic N) is 4. The van der Waals surface area contributed by atoms with Crippen molar-refractivity contribution in [1.82, 2.24) is 14.5 Å². The zero-order valence-corrected chi connectivity index (χ0v) is 18.2. The summed E-state index contributed by atoms with van der Waals surface area (Å²) in [4.78, 5) is 22.2. The lowest BCUT2D eigenvalue weighted by Gasteiger charge is -2.34. The molecule has 0 atom stereocenters. The van der Waals surface area contributed by atoms with Crippen molar-refractivity contribution in [2.45, 2.75) is 6.92 Å². The van der Waals surface area contributed by atoms with Gasteiger partial charge in [-0.2, -0.15) is 0 Å². The van der Waals surface area contributed by atoms with E-state index >= 15 is 0 Å². The summed E-state index contributed by atoms with van der Waals surface area (Å²) in [6.45, 7) is 5.88. The lowest BCUT2D eigenvalue weighted by molar-refractivity contribution is 0.101. The van der Waals surface area contributed by atoms with Gasteiger partial charge in [0.2, 0.25) is 0 Å². The van der Waals surface area contributed by atoms with Gasteiger partial charge in [-0.15, -0.1) is 0 Å². The van der Waals surface area contributed by atoms with Gasteiger partial charge >= 0.3 is 0 Å². The summed E-state index contributed by atoms with van der Waals surface area (Å²) < 4.78 is 1.81. The van der Waals surface area contributed by atoms with Crippen LogP contribution in [0, 0.1) is 6.92 Å². The van der Waals surface area contributed by atoms with Gasteiger partial charge in [-0.3, -0.25) is 4.79 Å². The van der Waals surface area contributed by atoms with E-state index in [9.17, 15) is 4.79 Å². The van der Waals surface area contributed by atoms with Crippen molar-refractivity contribution in [1.29, 1.82) is 0 Å². The van der Waals surface area contributed by atoms with Crippen LogP contribution in [0.25, 0.3) is 10.9 Å². The van der Waals surface area contributed by atoms with Gasteiger partial charge in [0.25, 0.3) is 5.91 Å². The van der Waals surface area contributed by atoms with Gasteiger partial charge in [-0.25, -0.2) is 4.98 Å². The van der Waals surface area contributed by atoms with Gasteiger partial charge in [0, 0.05) is 44.1 Å². The summed E-state index contributed by atoms with van der Waals surface area (Å²) in [5.74, 6) is 1.21. The molecule has 0 aliphatic carbocycles. The number of hydrogen-bond acceptors (Lipinski definition) is 4. The van der Waals surface area contributed by atoms with Crippen molar-refractivity contribution in [2.75, 3.05) is 43.4 Å². The van der Waals surface area contributed by atoms with E-state index in [0.717, 1.165) is 48.5 Å². The molecule has 1 aromatic carbocycles. The normalized spacial score (nSPS) is 15.1. The summed E-state index contributed by atoms with van der Waals surface area (Å²) in [5, 5.41) is 4.59. The second-order valence-electron chi connectivity index (χ2n) is 7.46. The number of fused-ring (bicyclic) bond motifs is 1. The molecule has 0 saturated carbocycles. The summed E-state index contributed by atoms with van der Waals surface area (Å²) in [6, 6.07) is 9.18. The molecule has 8 heteroatoms. The second-order valence-corrected chi connectivity index (χ2v) is 8.25. The van der Waals surface area contributed by atoms with Gasteiger partial charge in [0.15, 0.2) is 0 Å². The summed E-state index contributed by atoms with van der Waals surface area (Å²) in [7, 11) is 3.96. The van der Waals surface area contributed by atoms with Crippen LogP contribution in [-0.4, -0.2) is 53.6 Å². The maximum absolute atomic E-state index is 12.9. The van der Waals surface area contributed by atoms with E-state index in [1.807, 2.05) is 36.7 Å². The summed E-state index contributed by atoms with van der Waals surface area (Å²) in [6.07, 6.45) is 0. The lowest BCUT2D eigenvalue weighted by Crippen LogP contribution is -2.45. The number of benzene rings is 1. The molecule has 1 N–H and O–H groups in total. The third-order valence-electron chi connectivity index (χ3n) is 5.46. The third kappa shape index (κ3) is 3.80. The molecule has 1 saturated heterocycles. The van der Waals surface area contributed by atoms with Crippen molar-refractivity contribution in [3.8, 4) is 0 Å². The van der Waals surface area contributed by atoms with Crippen LogP contribution in [0.5, 0.6) is 0 Å². The average molecular weight is 432 g/mol. The molecule has 1 fully saturated rings. The van der Waals surface area contributed by atoms with E-state index in [0.29, 0.717) is 21.6 Å². The monoisotopic (exact) mass is 431 g/mol. The topological polar surface area (TPSA) is 53.4 Å². The van der Waals surface area contributed by atoms with Crippen molar-refractivity contribution < 1.29 is 4.79 Å². The fourth-order valence-corrected chi connectivity index (χ4v) is 4.05. The number of aromatic nitrogens is 2. The van der Waals surface area contributed by atoms with Gasteiger partial charge in [0.05, 0.1) is 10.0 Å². The molecule has 0 radical (unpaired) electrons. The fraction of sp³-hybridized carbons (Fsp3) is 0.333. The highest BCUT2D eigenvalue weighted by Gasteiger charge is 2.20. The Bertz CT molecular complexity index is 1090. The maximum atomic E-state index is 12.9. The predicted molar refractivity (Wildman–Crippen MR) is 120 cm³/mol. The minimum atomic E-state index is -0.239. The van der Waals surface area contributed by atoms with Crippen molar-refractivity contribution >= 4 is 51.6 Å². The Labute approximate surface area is 180 Å². The first-order valence-electron chi connectivity index (χ1n) is 9.51. The highest BCUT2D eigenvalue weighted by atomic mass is 35.5. The van der Waals surface area contributed by atoms with Gasteiger partial charge in [0.1, 0.15) is 17.3 Å². The molecule has 3 heterocycles. The summed E-state index contributed by atoms with van der Waals surface area (Å²) >= 11 is 12.4. The van der Waals surface area contributed by atoms with Gasteiger partial charge < -0.3 is 19.7 Å². The number of amides is 1. The van der Waals surface area contributed by atoms with Crippen molar-refractivity contribution in [3.63, 3.8) is 0 Å². The SMILES string of the molecule is Cc1ccc(NC(=O)c2cc3c(Cl)c(Cl)ccc3n2C)nc1N1CCN(C)CC1. The van der Waals surface area contributed by atoms with E-state index in [1.165, 1.54) is 0 Å². The first-order valence-corrected chi connectivity index (χ1v) is 10.3. The zero-order chi connectivity index (χ0) is 20.7. The molecule has 6 nitrogen and oxygen atoms in total. The van der Waals surface area contributed by atoms with Crippen molar-refractivity contribution in [2.24, 2.45) is 7.05 Å². The Balaban J connectivity index is 1.60. The van der Waals surface area contributed by atoms with E-state index in [-0.39, 0.29) is 5.91 Å². The molecular formula is C21H23Cl2N5O. The number of anilines is 2. The zero-order valence-electron chi connectivity index (χ0n) is 16.7. The number of nitrogens with one attached hydrogen (secondary N) is 1. The molecule has 2 aromatic heterocycles. The average Bonchev–Trinajstić information content (AvgIpc) is 3.04. The Morgan fingerprint density at radius 3 is 2.52 bits per heavy atom. The molecule has 3 aromatic rings. The number of rotatable bonds is 3. The quantitative estimate of drug-likeness (QED) is 0.675. The van der Waals surface area contributed by atoms with E-state index in [4.69, 9.17) is 28.2 Å². The Kier molecular flexibility index (Phi) is 5.42. The Morgan fingerprint density at radius 1 is 1.07 bits per heavy atom. The first-order chi connectivity index (χ1) is 13.8. The van der Waals surface area contributed by atoms with Crippen LogP contribution in [0.4, 0.5) is 11.6 Å². The molecule has 152 valence electrons. The van der Waals surface area contributed by atoms with Crippen LogP contribution < -0.4 is 10.2 Å².